The van der Waals surface area contributed by atoms with Gasteiger partial charge in [-0.15, -0.1) is 0 Å². The summed E-state index contributed by atoms with van der Waals surface area (Å²) in [7, 11) is 3.28. The minimum Gasteiger partial charge on any atom is -0.493 e. The summed E-state index contributed by atoms with van der Waals surface area (Å²) in [6.45, 7) is 2.17. The molecule has 0 radical (unpaired) electrons. The second-order valence-corrected chi connectivity index (χ2v) is 4.64. The Morgan fingerprint density at radius 1 is 1.22 bits per heavy atom. The van der Waals surface area contributed by atoms with Gasteiger partial charge in [-0.2, -0.15) is 0 Å². The van der Waals surface area contributed by atoms with Crippen LogP contribution in [0.2, 0.25) is 0 Å². The number of fused-ring (bicyclic) bond motifs is 1. The number of benzene rings is 1. The van der Waals surface area contributed by atoms with Crippen LogP contribution in [0.5, 0.6) is 11.5 Å². The Morgan fingerprint density at radius 2 is 1.94 bits per heavy atom. The Labute approximate surface area is 106 Å². The molecule has 0 spiro atoms. The first-order chi connectivity index (χ1) is 8.80. The van der Waals surface area contributed by atoms with Gasteiger partial charge in [0.2, 0.25) is 0 Å². The third kappa shape index (κ3) is 1.90. The summed E-state index contributed by atoms with van der Waals surface area (Å²) in [6.07, 6.45) is 0.992. The van der Waals surface area contributed by atoms with Gasteiger partial charge in [0.1, 0.15) is 5.82 Å². The molecule has 2 aromatic rings. The van der Waals surface area contributed by atoms with Crippen LogP contribution in [-0.4, -0.2) is 37.3 Å². The monoisotopic (exact) mass is 247 g/mol. The molecule has 0 bridgehead atoms. The Bertz CT molecular complexity index is 520. The molecule has 0 aliphatic carbocycles. The van der Waals surface area contributed by atoms with E-state index in [1.165, 1.54) is 0 Å². The van der Waals surface area contributed by atoms with Gasteiger partial charge in [0, 0.05) is 18.6 Å². The van der Waals surface area contributed by atoms with Crippen molar-refractivity contribution in [3.05, 3.63) is 18.0 Å². The van der Waals surface area contributed by atoms with E-state index in [1.54, 1.807) is 14.2 Å². The van der Waals surface area contributed by atoms with Crippen LogP contribution in [0.3, 0.4) is 0 Å². The third-order valence-corrected chi connectivity index (χ3v) is 3.38. The third-order valence-electron chi connectivity index (χ3n) is 3.38. The van der Waals surface area contributed by atoms with Crippen molar-refractivity contribution in [1.82, 2.24) is 15.3 Å². The van der Waals surface area contributed by atoms with Gasteiger partial charge in [-0.05, 0) is 19.0 Å². The molecule has 0 atom stereocenters. The highest BCUT2D eigenvalue weighted by molar-refractivity contribution is 5.79. The summed E-state index contributed by atoms with van der Waals surface area (Å²) < 4.78 is 10.6. The number of nitrogens with one attached hydrogen (secondary N) is 2. The fourth-order valence-corrected chi connectivity index (χ4v) is 2.25. The van der Waals surface area contributed by atoms with Crippen molar-refractivity contribution in [3.63, 3.8) is 0 Å². The molecule has 2 N–H and O–H groups in total. The SMILES string of the molecule is COc1cc2nc(CC3CNC3)[nH]c2cc1OC. The zero-order chi connectivity index (χ0) is 12.5. The summed E-state index contributed by atoms with van der Waals surface area (Å²) in [4.78, 5) is 7.95. The molecule has 1 aromatic heterocycles. The fraction of sp³-hybridized carbons (Fsp3) is 0.462. The van der Waals surface area contributed by atoms with Crippen LogP contribution in [-0.2, 0) is 6.42 Å². The highest BCUT2D eigenvalue weighted by atomic mass is 16.5. The lowest BCUT2D eigenvalue weighted by molar-refractivity contribution is 0.342. The van der Waals surface area contributed by atoms with Crippen molar-refractivity contribution in [3.8, 4) is 11.5 Å². The maximum atomic E-state index is 5.28. The molecule has 3 rings (SSSR count). The molecule has 96 valence electrons. The van der Waals surface area contributed by atoms with Crippen LogP contribution in [0.4, 0.5) is 0 Å². The van der Waals surface area contributed by atoms with E-state index < -0.39 is 0 Å². The normalized spacial score (nSPS) is 15.7. The van der Waals surface area contributed by atoms with E-state index in [1.807, 2.05) is 12.1 Å². The van der Waals surface area contributed by atoms with Gasteiger partial charge in [0.25, 0.3) is 0 Å². The summed E-state index contributed by atoms with van der Waals surface area (Å²) in [6, 6.07) is 3.84. The van der Waals surface area contributed by atoms with Gasteiger partial charge in [-0.1, -0.05) is 0 Å². The Hall–Kier alpha value is -1.75. The molecule has 18 heavy (non-hydrogen) atoms. The zero-order valence-corrected chi connectivity index (χ0v) is 10.6. The van der Waals surface area contributed by atoms with Gasteiger partial charge in [0.05, 0.1) is 25.3 Å². The van der Waals surface area contributed by atoms with Crippen LogP contribution in [0.25, 0.3) is 11.0 Å². The number of nitrogens with zero attached hydrogens (tertiary/aromatic N) is 1. The van der Waals surface area contributed by atoms with Crippen molar-refractivity contribution in [2.45, 2.75) is 6.42 Å². The number of aromatic nitrogens is 2. The van der Waals surface area contributed by atoms with Gasteiger partial charge >= 0.3 is 0 Å². The molecule has 0 saturated carbocycles. The maximum Gasteiger partial charge on any atom is 0.163 e. The summed E-state index contributed by atoms with van der Waals surface area (Å²) in [5.74, 6) is 3.18. The molecule has 1 aliphatic heterocycles. The van der Waals surface area contributed by atoms with Crippen LogP contribution in [0.15, 0.2) is 12.1 Å². The number of hydrogen-bond acceptors (Lipinski definition) is 4. The number of aromatic amines is 1. The van der Waals surface area contributed by atoms with Gasteiger partial charge < -0.3 is 19.8 Å². The average molecular weight is 247 g/mol. The first-order valence-electron chi connectivity index (χ1n) is 6.11. The maximum absolute atomic E-state index is 5.28. The van der Waals surface area contributed by atoms with Crippen LogP contribution in [0, 0.1) is 5.92 Å². The summed E-state index contributed by atoms with van der Waals surface area (Å²) in [5, 5.41) is 3.27. The van der Waals surface area contributed by atoms with Crippen LogP contribution < -0.4 is 14.8 Å². The Balaban J connectivity index is 1.94. The Morgan fingerprint density at radius 3 is 2.56 bits per heavy atom. The molecular formula is C13H17N3O2. The number of rotatable bonds is 4. The number of hydrogen-bond donors (Lipinski definition) is 2. The standard InChI is InChI=1S/C13H17N3O2/c1-17-11-4-9-10(5-12(11)18-2)16-13(15-9)3-8-6-14-7-8/h4-5,8,14H,3,6-7H2,1-2H3,(H,15,16). The molecule has 5 heteroatoms. The van der Waals surface area contributed by atoms with E-state index in [2.05, 4.69) is 15.3 Å². The lowest BCUT2D eigenvalue weighted by Gasteiger charge is -2.25. The van der Waals surface area contributed by atoms with E-state index in [0.717, 1.165) is 42.1 Å². The van der Waals surface area contributed by atoms with Crippen molar-refractivity contribution in [1.29, 1.82) is 0 Å². The van der Waals surface area contributed by atoms with Crippen molar-refractivity contribution < 1.29 is 9.47 Å². The topological polar surface area (TPSA) is 59.2 Å². The Kier molecular flexibility index (Phi) is 2.83. The van der Waals surface area contributed by atoms with Gasteiger partial charge in [-0.25, -0.2) is 4.98 Å². The smallest absolute Gasteiger partial charge is 0.163 e. The molecule has 1 aromatic carbocycles. The zero-order valence-electron chi connectivity index (χ0n) is 10.6. The molecule has 5 nitrogen and oxygen atoms in total. The van der Waals surface area contributed by atoms with E-state index in [-0.39, 0.29) is 0 Å². The van der Waals surface area contributed by atoms with Gasteiger partial charge in [0.15, 0.2) is 11.5 Å². The first-order valence-corrected chi connectivity index (χ1v) is 6.11. The number of H-pyrrole nitrogens is 1. The molecule has 1 fully saturated rings. The van der Waals surface area contributed by atoms with Crippen molar-refractivity contribution in [2.24, 2.45) is 5.92 Å². The quantitative estimate of drug-likeness (QED) is 0.856. The minimum atomic E-state index is 0.703. The lowest BCUT2D eigenvalue weighted by atomic mass is 9.99. The average Bonchev–Trinajstić information content (AvgIpc) is 2.73. The second-order valence-electron chi connectivity index (χ2n) is 4.64. The molecule has 1 saturated heterocycles. The molecule has 2 heterocycles. The predicted molar refractivity (Wildman–Crippen MR) is 69.3 cm³/mol. The van der Waals surface area contributed by atoms with E-state index in [0.29, 0.717) is 11.7 Å². The minimum absolute atomic E-state index is 0.703. The molecule has 1 aliphatic rings. The molecular weight excluding hydrogens is 230 g/mol. The highest BCUT2D eigenvalue weighted by Gasteiger charge is 2.19. The molecule has 0 unspecified atom stereocenters. The van der Waals surface area contributed by atoms with E-state index in [9.17, 15) is 0 Å². The first kappa shape index (κ1) is 11.3. The lowest BCUT2D eigenvalue weighted by Crippen LogP contribution is -2.43. The van der Waals surface area contributed by atoms with Crippen molar-refractivity contribution >= 4 is 11.0 Å². The van der Waals surface area contributed by atoms with E-state index in [4.69, 9.17) is 9.47 Å². The number of ether oxygens (including phenoxy) is 2. The fourth-order valence-electron chi connectivity index (χ4n) is 2.25. The van der Waals surface area contributed by atoms with Gasteiger partial charge in [-0.3, -0.25) is 0 Å². The summed E-state index contributed by atoms with van der Waals surface area (Å²) >= 11 is 0. The van der Waals surface area contributed by atoms with Crippen LogP contribution in [0.1, 0.15) is 5.82 Å². The molecule has 0 amide bonds. The number of methoxy groups -OCH3 is 2. The number of imidazole rings is 1. The van der Waals surface area contributed by atoms with Crippen molar-refractivity contribution in [2.75, 3.05) is 27.3 Å². The largest absolute Gasteiger partial charge is 0.493 e. The van der Waals surface area contributed by atoms with E-state index >= 15 is 0 Å². The highest BCUT2D eigenvalue weighted by Crippen LogP contribution is 2.31. The predicted octanol–water partition coefficient (Wildman–Crippen LogP) is 1.34. The van der Waals surface area contributed by atoms with Crippen LogP contribution >= 0.6 is 0 Å². The summed E-state index contributed by atoms with van der Waals surface area (Å²) in [5.41, 5.74) is 1.92. The second kappa shape index (κ2) is 4.49.